The van der Waals surface area contributed by atoms with Crippen LogP contribution in [0.1, 0.15) is 48.6 Å². The second kappa shape index (κ2) is 7.21. The van der Waals surface area contributed by atoms with Gasteiger partial charge in [-0.25, -0.2) is 9.50 Å². The fourth-order valence-corrected chi connectivity index (χ4v) is 3.88. The molecule has 0 bridgehead atoms. The molecule has 11 nitrogen and oxygen atoms in total. The fourth-order valence-electron chi connectivity index (χ4n) is 3.88. The first-order valence-electron chi connectivity index (χ1n) is 10.7. The number of hydrogen-bond acceptors (Lipinski definition) is 8. The molecular formula is C21H26N10O. The molecule has 1 N–H and O–H groups in total. The fraction of sp³-hybridized carbons (Fsp3) is 0.476. The van der Waals surface area contributed by atoms with Gasteiger partial charge in [0.2, 0.25) is 5.82 Å². The van der Waals surface area contributed by atoms with Crippen LogP contribution in [0.15, 0.2) is 18.2 Å². The van der Waals surface area contributed by atoms with Gasteiger partial charge in [0.15, 0.2) is 11.5 Å². The monoisotopic (exact) mass is 434 g/mol. The van der Waals surface area contributed by atoms with Crippen molar-refractivity contribution in [3.63, 3.8) is 0 Å². The molecule has 1 aliphatic rings. The van der Waals surface area contributed by atoms with E-state index in [0.29, 0.717) is 18.2 Å². The summed E-state index contributed by atoms with van der Waals surface area (Å²) in [4.78, 5) is 23.3. The van der Waals surface area contributed by atoms with E-state index in [2.05, 4.69) is 56.3 Å². The smallest absolute Gasteiger partial charge is 0.291 e. The van der Waals surface area contributed by atoms with Gasteiger partial charge in [0.05, 0.1) is 0 Å². The first kappa shape index (κ1) is 20.3. The highest BCUT2D eigenvalue weighted by Gasteiger charge is 2.30. The molecule has 0 aliphatic carbocycles. The second-order valence-electron chi connectivity index (χ2n) is 9.40. The number of nitrogens with zero attached hydrogens (tertiary/aromatic N) is 9. The van der Waals surface area contributed by atoms with Gasteiger partial charge in [-0.1, -0.05) is 20.8 Å². The standard InChI is InChI=1S/C21H26N10O/c1-12-8-13(2)30-20(23-12)24-17(28-30)18(32)22-9-14-10-29(11-14)16-7-6-15-25-26-19(21(3,4)5)31(15)27-16/h6-8,14H,9-11H2,1-5H3,(H,22,32). The molecule has 0 spiro atoms. The Hall–Kier alpha value is -3.63. The number of nitrogens with one attached hydrogen (secondary N) is 1. The van der Waals surface area contributed by atoms with Crippen molar-refractivity contribution in [2.75, 3.05) is 24.5 Å². The third kappa shape index (κ3) is 3.53. The number of carbonyl (C=O) groups is 1. The van der Waals surface area contributed by atoms with Gasteiger partial charge in [0.1, 0.15) is 5.82 Å². The highest BCUT2D eigenvalue weighted by molar-refractivity contribution is 5.90. The molecule has 4 aromatic rings. The van der Waals surface area contributed by atoms with Crippen LogP contribution in [0.4, 0.5) is 5.82 Å². The Kier molecular flexibility index (Phi) is 4.57. The lowest BCUT2D eigenvalue weighted by molar-refractivity contribution is 0.0934. The Morgan fingerprint density at radius 1 is 1.09 bits per heavy atom. The predicted octanol–water partition coefficient (Wildman–Crippen LogP) is 1.34. The van der Waals surface area contributed by atoms with Crippen LogP contribution in [0, 0.1) is 19.8 Å². The molecule has 4 aromatic heterocycles. The van der Waals surface area contributed by atoms with Gasteiger partial charge >= 0.3 is 0 Å². The minimum Gasteiger partial charge on any atom is -0.354 e. The van der Waals surface area contributed by atoms with Crippen LogP contribution in [0.3, 0.4) is 0 Å². The number of fused-ring (bicyclic) bond motifs is 2. The van der Waals surface area contributed by atoms with Crippen molar-refractivity contribution in [1.82, 2.24) is 44.7 Å². The largest absolute Gasteiger partial charge is 0.354 e. The van der Waals surface area contributed by atoms with E-state index in [0.717, 1.165) is 41.8 Å². The molecule has 1 amide bonds. The molecule has 1 fully saturated rings. The number of hydrogen-bond donors (Lipinski definition) is 1. The molecule has 1 aliphatic heterocycles. The molecular weight excluding hydrogens is 408 g/mol. The SMILES string of the molecule is Cc1cc(C)n2nc(C(=O)NCC3CN(c4ccc5nnc(C(C)(C)C)n5n4)C3)nc2n1. The van der Waals surface area contributed by atoms with E-state index < -0.39 is 0 Å². The lowest BCUT2D eigenvalue weighted by atomic mass is 9.96. The quantitative estimate of drug-likeness (QED) is 0.511. The van der Waals surface area contributed by atoms with E-state index in [1.54, 1.807) is 4.52 Å². The van der Waals surface area contributed by atoms with Crippen LogP contribution in [0.25, 0.3) is 11.4 Å². The van der Waals surface area contributed by atoms with Gasteiger partial charge in [-0.3, -0.25) is 4.79 Å². The molecule has 5 rings (SSSR count). The number of anilines is 1. The first-order valence-corrected chi connectivity index (χ1v) is 10.7. The minimum absolute atomic E-state index is 0.136. The minimum atomic E-state index is -0.287. The summed E-state index contributed by atoms with van der Waals surface area (Å²) < 4.78 is 3.41. The van der Waals surface area contributed by atoms with E-state index in [-0.39, 0.29) is 17.1 Å². The third-order valence-electron chi connectivity index (χ3n) is 5.57. The number of rotatable bonds is 4. The number of aromatic nitrogens is 8. The molecule has 0 atom stereocenters. The van der Waals surface area contributed by atoms with Crippen LogP contribution in [-0.4, -0.2) is 64.9 Å². The van der Waals surface area contributed by atoms with E-state index >= 15 is 0 Å². The summed E-state index contributed by atoms with van der Waals surface area (Å²) in [6, 6.07) is 5.80. The van der Waals surface area contributed by atoms with Crippen molar-refractivity contribution in [3.05, 3.63) is 41.2 Å². The van der Waals surface area contributed by atoms with Crippen LogP contribution in [-0.2, 0) is 5.41 Å². The van der Waals surface area contributed by atoms with Crippen LogP contribution < -0.4 is 10.2 Å². The highest BCUT2D eigenvalue weighted by Crippen LogP contribution is 2.25. The number of amides is 1. The lowest BCUT2D eigenvalue weighted by Crippen LogP contribution is -2.52. The Bertz CT molecular complexity index is 1330. The Morgan fingerprint density at radius 3 is 2.62 bits per heavy atom. The molecule has 166 valence electrons. The van der Waals surface area contributed by atoms with Crippen molar-refractivity contribution in [2.24, 2.45) is 5.92 Å². The van der Waals surface area contributed by atoms with Gasteiger partial charge in [-0.05, 0) is 32.0 Å². The van der Waals surface area contributed by atoms with E-state index in [9.17, 15) is 4.79 Å². The van der Waals surface area contributed by atoms with E-state index in [1.807, 2.05) is 36.6 Å². The molecule has 0 aromatic carbocycles. The molecule has 0 radical (unpaired) electrons. The Labute approximate surface area is 184 Å². The highest BCUT2D eigenvalue weighted by atomic mass is 16.2. The van der Waals surface area contributed by atoms with Crippen LogP contribution in [0.2, 0.25) is 0 Å². The summed E-state index contributed by atoms with van der Waals surface area (Å²) in [5.41, 5.74) is 2.33. The maximum atomic E-state index is 12.5. The van der Waals surface area contributed by atoms with Crippen molar-refractivity contribution in [1.29, 1.82) is 0 Å². The van der Waals surface area contributed by atoms with Gasteiger partial charge in [-0.2, -0.15) is 9.50 Å². The van der Waals surface area contributed by atoms with Crippen molar-refractivity contribution >= 4 is 23.1 Å². The number of carbonyl (C=O) groups excluding carboxylic acids is 1. The number of aryl methyl sites for hydroxylation is 2. The molecule has 0 unspecified atom stereocenters. The molecule has 1 saturated heterocycles. The first-order chi connectivity index (χ1) is 15.2. The predicted molar refractivity (Wildman–Crippen MR) is 118 cm³/mol. The van der Waals surface area contributed by atoms with Gasteiger partial charge in [0.25, 0.3) is 11.7 Å². The van der Waals surface area contributed by atoms with Crippen molar-refractivity contribution < 1.29 is 4.79 Å². The van der Waals surface area contributed by atoms with Gasteiger partial charge < -0.3 is 10.2 Å². The Balaban J connectivity index is 1.21. The lowest BCUT2D eigenvalue weighted by Gasteiger charge is -2.40. The maximum absolute atomic E-state index is 12.5. The van der Waals surface area contributed by atoms with Crippen LogP contribution >= 0.6 is 0 Å². The van der Waals surface area contributed by atoms with Crippen LogP contribution in [0.5, 0.6) is 0 Å². The molecule has 0 saturated carbocycles. The zero-order valence-corrected chi connectivity index (χ0v) is 18.9. The molecule has 5 heterocycles. The average molecular weight is 435 g/mol. The summed E-state index contributed by atoms with van der Waals surface area (Å²) in [5.74, 6) is 2.33. The van der Waals surface area contributed by atoms with E-state index in [4.69, 9.17) is 5.10 Å². The van der Waals surface area contributed by atoms with Gasteiger partial charge in [-0.15, -0.1) is 20.4 Å². The van der Waals surface area contributed by atoms with Gasteiger partial charge in [0, 0.05) is 42.4 Å². The topological polar surface area (TPSA) is 119 Å². The van der Waals surface area contributed by atoms with Crippen molar-refractivity contribution in [2.45, 2.75) is 40.0 Å². The summed E-state index contributed by atoms with van der Waals surface area (Å²) in [5, 5.41) is 20.5. The summed E-state index contributed by atoms with van der Waals surface area (Å²) >= 11 is 0. The Morgan fingerprint density at radius 2 is 1.88 bits per heavy atom. The second-order valence-corrected chi connectivity index (χ2v) is 9.40. The summed E-state index contributed by atoms with van der Waals surface area (Å²) in [6.07, 6.45) is 0. The zero-order chi connectivity index (χ0) is 22.6. The van der Waals surface area contributed by atoms with Crippen molar-refractivity contribution in [3.8, 4) is 0 Å². The molecule has 11 heteroatoms. The zero-order valence-electron chi connectivity index (χ0n) is 18.9. The average Bonchev–Trinajstić information content (AvgIpc) is 3.30. The summed E-state index contributed by atoms with van der Waals surface area (Å²) in [7, 11) is 0. The summed E-state index contributed by atoms with van der Waals surface area (Å²) in [6.45, 7) is 12.3. The third-order valence-corrected chi connectivity index (χ3v) is 5.57. The molecule has 32 heavy (non-hydrogen) atoms. The van der Waals surface area contributed by atoms with E-state index in [1.165, 1.54) is 0 Å². The maximum Gasteiger partial charge on any atom is 0.291 e. The normalized spacial score (nSPS) is 14.8.